The van der Waals surface area contributed by atoms with Crippen LogP contribution in [0.15, 0.2) is 103 Å². The molecule has 0 atom stereocenters. The minimum absolute atomic E-state index is 0.830. The number of rotatable bonds is 4. The summed E-state index contributed by atoms with van der Waals surface area (Å²) in [5.41, 5.74) is 7.60. The minimum atomic E-state index is 0.830. The van der Waals surface area contributed by atoms with Crippen molar-refractivity contribution in [1.29, 1.82) is 0 Å². The molecular weight excluding hydrogens is 356 g/mol. The average Bonchev–Trinajstić information content (AvgIpc) is 3.24. The lowest BCUT2D eigenvalue weighted by Gasteiger charge is -2.06. The van der Waals surface area contributed by atoms with Crippen molar-refractivity contribution < 1.29 is 4.74 Å². The highest BCUT2D eigenvalue weighted by molar-refractivity contribution is 5.81. The molecule has 0 N–H and O–H groups in total. The van der Waals surface area contributed by atoms with Crippen LogP contribution in [-0.4, -0.2) is 16.5 Å². The number of benzene rings is 3. The van der Waals surface area contributed by atoms with Gasteiger partial charge in [0.25, 0.3) is 0 Å². The van der Waals surface area contributed by atoms with Gasteiger partial charge in [-0.1, -0.05) is 66.7 Å². The Balaban J connectivity index is 1.56. The maximum Gasteiger partial charge on any atom is 0.145 e. The first kappa shape index (κ1) is 17.3. The maximum atomic E-state index is 5.36. The minimum Gasteiger partial charge on any atom is -0.497 e. The number of hydrogen-bond donors (Lipinski definition) is 0. The van der Waals surface area contributed by atoms with Gasteiger partial charge in [0.1, 0.15) is 11.4 Å². The number of imidazole rings is 1. The zero-order chi connectivity index (χ0) is 19.6. The van der Waals surface area contributed by atoms with Crippen LogP contribution in [0.3, 0.4) is 0 Å². The van der Waals surface area contributed by atoms with Crippen molar-refractivity contribution in [2.45, 2.75) is 0 Å². The van der Waals surface area contributed by atoms with Crippen LogP contribution in [0.4, 0.5) is 0 Å². The molecule has 0 aliphatic rings. The van der Waals surface area contributed by atoms with Gasteiger partial charge < -0.3 is 9.14 Å². The lowest BCUT2D eigenvalue weighted by atomic mass is 10.0. The molecule has 2 heterocycles. The molecule has 3 heteroatoms. The molecule has 5 aromatic rings. The number of ether oxygens (including phenoxy) is 1. The number of fused-ring (bicyclic) bond motifs is 1. The van der Waals surface area contributed by atoms with Crippen molar-refractivity contribution in [2.24, 2.45) is 0 Å². The standard InChI is InChI=1S/C26H20N2O/c1-29-23-10-5-9-22(17-23)25-18-28-16-6-11-24(26(28)27-25)21-14-12-20(13-15-21)19-7-3-2-4-8-19/h2-18H,1H3. The summed E-state index contributed by atoms with van der Waals surface area (Å²) in [5.74, 6) is 0.830. The van der Waals surface area contributed by atoms with Gasteiger partial charge in [0, 0.05) is 23.5 Å². The van der Waals surface area contributed by atoms with Crippen LogP contribution >= 0.6 is 0 Å². The van der Waals surface area contributed by atoms with Crippen LogP contribution < -0.4 is 4.74 Å². The molecule has 140 valence electrons. The van der Waals surface area contributed by atoms with Gasteiger partial charge in [-0.05, 0) is 41.0 Å². The third-order valence-electron chi connectivity index (χ3n) is 5.15. The molecule has 5 rings (SSSR count). The van der Waals surface area contributed by atoms with E-state index in [1.165, 1.54) is 11.1 Å². The number of aromatic nitrogens is 2. The molecule has 0 bridgehead atoms. The Morgan fingerprint density at radius 1 is 0.690 bits per heavy atom. The van der Waals surface area contributed by atoms with Crippen LogP contribution in [0.5, 0.6) is 5.75 Å². The van der Waals surface area contributed by atoms with Crippen LogP contribution in [-0.2, 0) is 0 Å². The summed E-state index contributed by atoms with van der Waals surface area (Å²) in [6.07, 6.45) is 4.10. The number of methoxy groups -OCH3 is 1. The Kier molecular flexibility index (Phi) is 4.34. The van der Waals surface area contributed by atoms with E-state index < -0.39 is 0 Å². The van der Waals surface area contributed by atoms with E-state index in [4.69, 9.17) is 9.72 Å². The second kappa shape index (κ2) is 7.28. The van der Waals surface area contributed by atoms with Crippen LogP contribution in [0, 0.1) is 0 Å². The molecule has 0 aliphatic heterocycles. The number of nitrogens with zero attached hydrogens (tertiary/aromatic N) is 2. The molecule has 0 spiro atoms. The first-order valence-electron chi connectivity index (χ1n) is 9.60. The van der Waals surface area contributed by atoms with E-state index in [1.807, 2.05) is 30.5 Å². The average molecular weight is 376 g/mol. The largest absolute Gasteiger partial charge is 0.497 e. The summed E-state index contributed by atoms with van der Waals surface area (Å²) in [4.78, 5) is 4.92. The van der Waals surface area contributed by atoms with Crippen molar-refractivity contribution in [3.05, 3.63) is 103 Å². The van der Waals surface area contributed by atoms with Crippen molar-refractivity contribution in [1.82, 2.24) is 9.38 Å². The third kappa shape index (κ3) is 3.27. The summed E-state index contributed by atoms with van der Waals surface area (Å²) in [6.45, 7) is 0. The van der Waals surface area contributed by atoms with Crippen molar-refractivity contribution in [3.8, 4) is 39.3 Å². The second-order valence-electron chi connectivity index (χ2n) is 6.95. The summed E-state index contributed by atoms with van der Waals surface area (Å²) in [7, 11) is 1.68. The zero-order valence-corrected chi connectivity index (χ0v) is 16.1. The van der Waals surface area contributed by atoms with E-state index in [9.17, 15) is 0 Å². The van der Waals surface area contributed by atoms with Crippen LogP contribution in [0.25, 0.3) is 39.2 Å². The van der Waals surface area contributed by atoms with Gasteiger partial charge in [0.05, 0.1) is 12.8 Å². The first-order chi connectivity index (χ1) is 14.3. The third-order valence-corrected chi connectivity index (χ3v) is 5.15. The van der Waals surface area contributed by atoms with E-state index in [1.54, 1.807) is 7.11 Å². The Bertz CT molecular complexity index is 1270. The predicted molar refractivity (Wildman–Crippen MR) is 118 cm³/mol. The monoisotopic (exact) mass is 376 g/mol. The molecule has 0 unspecified atom stereocenters. The van der Waals surface area contributed by atoms with E-state index >= 15 is 0 Å². The molecule has 29 heavy (non-hydrogen) atoms. The summed E-state index contributed by atoms with van der Waals surface area (Å²) < 4.78 is 7.44. The first-order valence-corrected chi connectivity index (χ1v) is 9.60. The van der Waals surface area contributed by atoms with Gasteiger partial charge in [-0.25, -0.2) is 4.98 Å². The Morgan fingerprint density at radius 2 is 1.41 bits per heavy atom. The second-order valence-corrected chi connectivity index (χ2v) is 6.95. The van der Waals surface area contributed by atoms with Gasteiger partial charge >= 0.3 is 0 Å². The molecule has 2 aromatic heterocycles. The summed E-state index contributed by atoms with van der Waals surface area (Å²) in [6, 6.07) is 31.3. The molecule has 0 saturated carbocycles. The van der Waals surface area contributed by atoms with Crippen LogP contribution in [0.1, 0.15) is 0 Å². The summed E-state index contributed by atoms with van der Waals surface area (Å²) in [5, 5.41) is 0. The fraction of sp³-hybridized carbons (Fsp3) is 0.0385. The molecule has 0 radical (unpaired) electrons. The fourth-order valence-corrected chi connectivity index (χ4v) is 3.63. The van der Waals surface area contributed by atoms with Gasteiger partial charge in [-0.2, -0.15) is 0 Å². The van der Waals surface area contributed by atoms with Gasteiger partial charge in [0.2, 0.25) is 0 Å². The fourth-order valence-electron chi connectivity index (χ4n) is 3.63. The zero-order valence-electron chi connectivity index (χ0n) is 16.1. The quantitative estimate of drug-likeness (QED) is 0.366. The van der Waals surface area contributed by atoms with Crippen molar-refractivity contribution in [3.63, 3.8) is 0 Å². The van der Waals surface area contributed by atoms with E-state index in [-0.39, 0.29) is 0 Å². The molecule has 3 aromatic carbocycles. The topological polar surface area (TPSA) is 26.5 Å². The van der Waals surface area contributed by atoms with Gasteiger partial charge in [-0.15, -0.1) is 0 Å². The van der Waals surface area contributed by atoms with E-state index in [0.29, 0.717) is 0 Å². The highest BCUT2D eigenvalue weighted by atomic mass is 16.5. The summed E-state index contributed by atoms with van der Waals surface area (Å²) >= 11 is 0. The normalized spacial score (nSPS) is 10.9. The smallest absolute Gasteiger partial charge is 0.145 e. The lowest BCUT2D eigenvalue weighted by molar-refractivity contribution is 0.415. The Morgan fingerprint density at radius 3 is 2.21 bits per heavy atom. The van der Waals surface area contributed by atoms with Crippen molar-refractivity contribution >= 4 is 5.65 Å². The van der Waals surface area contributed by atoms with E-state index in [0.717, 1.165) is 33.8 Å². The molecule has 0 aliphatic carbocycles. The molecular formula is C26H20N2O. The predicted octanol–water partition coefficient (Wildman–Crippen LogP) is 6.34. The Labute approximate surface area is 169 Å². The lowest BCUT2D eigenvalue weighted by Crippen LogP contribution is -1.87. The van der Waals surface area contributed by atoms with Gasteiger partial charge in [0.15, 0.2) is 0 Å². The number of hydrogen-bond acceptors (Lipinski definition) is 2. The Hall–Kier alpha value is -3.85. The SMILES string of the molecule is COc1cccc(-c2cn3cccc(-c4ccc(-c5ccccc5)cc4)c3n2)c1. The maximum absolute atomic E-state index is 5.36. The molecule has 0 saturated heterocycles. The molecule has 3 nitrogen and oxygen atoms in total. The van der Waals surface area contributed by atoms with Crippen molar-refractivity contribution in [2.75, 3.05) is 7.11 Å². The van der Waals surface area contributed by atoms with Gasteiger partial charge in [-0.3, -0.25) is 0 Å². The molecule has 0 amide bonds. The van der Waals surface area contributed by atoms with E-state index in [2.05, 4.69) is 77.3 Å². The highest BCUT2D eigenvalue weighted by Gasteiger charge is 2.10. The molecule has 0 fully saturated rings. The van der Waals surface area contributed by atoms with Crippen LogP contribution in [0.2, 0.25) is 0 Å². The number of pyridine rings is 1. The highest BCUT2D eigenvalue weighted by Crippen LogP contribution is 2.30.